The Bertz CT molecular complexity index is 751. The minimum Gasteiger partial charge on any atom is -0.379 e. The first-order valence-electron chi connectivity index (χ1n) is 10.3. The van der Waals surface area contributed by atoms with E-state index >= 15 is 0 Å². The summed E-state index contributed by atoms with van der Waals surface area (Å²) >= 11 is 0. The van der Waals surface area contributed by atoms with Crippen molar-refractivity contribution in [1.82, 2.24) is 10.2 Å². The van der Waals surface area contributed by atoms with E-state index < -0.39 is 0 Å². The number of aryl methyl sites for hydroxylation is 3. The van der Waals surface area contributed by atoms with Crippen LogP contribution in [0, 0.1) is 13.8 Å². The molecular weight excluding hydrogens is 348 g/mol. The number of carbonyl (C=O) groups excluding carboxylic acids is 1. The minimum atomic E-state index is 0.137. The Morgan fingerprint density at radius 2 is 1.82 bits per heavy atom. The molecule has 1 heterocycles. The Balaban J connectivity index is 1.52. The van der Waals surface area contributed by atoms with Gasteiger partial charge in [-0.2, -0.15) is 0 Å². The lowest BCUT2D eigenvalue weighted by molar-refractivity contribution is -0.121. The molecule has 0 radical (unpaired) electrons. The number of amides is 1. The SMILES string of the molecule is Cc1ccc(CCCC(=O)NCC(c2cccc(C)c2)N2CCOCC2)cc1. The summed E-state index contributed by atoms with van der Waals surface area (Å²) in [6, 6.07) is 17.4. The normalized spacial score (nSPS) is 15.9. The van der Waals surface area contributed by atoms with Gasteiger partial charge in [-0.1, -0.05) is 59.7 Å². The smallest absolute Gasteiger partial charge is 0.220 e. The average Bonchev–Trinajstić information content (AvgIpc) is 2.71. The van der Waals surface area contributed by atoms with Crippen LogP contribution in [0.4, 0.5) is 0 Å². The van der Waals surface area contributed by atoms with Crippen LogP contribution >= 0.6 is 0 Å². The monoisotopic (exact) mass is 380 g/mol. The van der Waals surface area contributed by atoms with Crippen molar-refractivity contribution in [2.75, 3.05) is 32.8 Å². The second-order valence-electron chi connectivity index (χ2n) is 7.72. The number of rotatable bonds is 8. The fourth-order valence-corrected chi connectivity index (χ4v) is 3.73. The van der Waals surface area contributed by atoms with Crippen molar-refractivity contribution >= 4 is 5.91 Å². The molecule has 0 spiro atoms. The zero-order valence-electron chi connectivity index (χ0n) is 17.1. The molecule has 28 heavy (non-hydrogen) atoms. The molecular formula is C24H32N2O2. The van der Waals surface area contributed by atoms with E-state index in [4.69, 9.17) is 4.74 Å². The summed E-state index contributed by atoms with van der Waals surface area (Å²) in [4.78, 5) is 14.8. The zero-order chi connectivity index (χ0) is 19.8. The van der Waals surface area contributed by atoms with Gasteiger partial charge in [0, 0.05) is 26.1 Å². The van der Waals surface area contributed by atoms with Crippen LogP contribution in [-0.4, -0.2) is 43.7 Å². The van der Waals surface area contributed by atoms with Gasteiger partial charge in [-0.25, -0.2) is 0 Å². The number of ether oxygens (including phenoxy) is 1. The van der Waals surface area contributed by atoms with Gasteiger partial charge < -0.3 is 10.1 Å². The molecule has 1 N–H and O–H groups in total. The van der Waals surface area contributed by atoms with Crippen molar-refractivity contribution in [2.24, 2.45) is 0 Å². The van der Waals surface area contributed by atoms with Crippen LogP contribution < -0.4 is 5.32 Å². The molecule has 1 fully saturated rings. The fraction of sp³-hybridized carbons (Fsp3) is 0.458. The van der Waals surface area contributed by atoms with Gasteiger partial charge >= 0.3 is 0 Å². The molecule has 0 aliphatic carbocycles. The predicted octanol–water partition coefficient (Wildman–Crippen LogP) is 3.82. The van der Waals surface area contributed by atoms with E-state index in [1.54, 1.807) is 0 Å². The first-order chi connectivity index (χ1) is 13.6. The number of morpholine rings is 1. The van der Waals surface area contributed by atoms with Gasteiger partial charge in [0.2, 0.25) is 5.91 Å². The summed E-state index contributed by atoms with van der Waals surface area (Å²) in [5.41, 5.74) is 5.08. The molecule has 3 rings (SSSR count). The predicted molar refractivity (Wildman–Crippen MR) is 113 cm³/mol. The van der Waals surface area contributed by atoms with E-state index in [0.717, 1.165) is 39.1 Å². The van der Waals surface area contributed by atoms with E-state index in [2.05, 4.69) is 72.6 Å². The lowest BCUT2D eigenvalue weighted by Gasteiger charge is -2.35. The van der Waals surface area contributed by atoms with Gasteiger partial charge in [-0.15, -0.1) is 0 Å². The topological polar surface area (TPSA) is 41.6 Å². The third kappa shape index (κ3) is 6.18. The van der Waals surface area contributed by atoms with Crippen molar-refractivity contribution in [2.45, 2.75) is 39.2 Å². The Morgan fingerprint density at radius 3 is 2.54 bits per heavy atom. The molecule has 0 bridgehead atoms. The standard InChI is InChI=1S/C24H32N2O2/c1-19-9-11-21(12-10-19)6-4-8-24(27)25-18-23(26-13-15-28-16-14-26)22-7-3-5-20(2)17-22/h3,5,7,9-12,17,23H,4,6,8,13-16,18H2,1-2H3,(H,25,27). The number of nitrogens with zero attached hydrogens (tertiary/aromatic N) is 1. The van der Waals surface area contributed by atoms with Crippen LogP contribution in [0.25, 0.3) is 0 Å². The van der Waals surface area contributed by atoms with Crippen LogP contribution in [0.2, 0.25) is 0 Å². The van der Waals surface area contributed by atoms with Crippen LogP contribution in [-0.2, 0) is 16.0 Å². The zero-order valence-corrected chi connectivity index (χ0v) is 17.1. The summed E-state index contributed by atoms with van der Waals surface area (Å²) < 4.78 is 5.51. The maximum absolute atomic E-state index is 12.4. The number of hydrogen-bond donors (Lipinski definition) is 1. The van der Waals surface area contributed by atoms with Crippen molar-refractivity contribution < 1.29 is 9.53 Å². The highest BCUT2D eigenvalue weighted by atomic mass is 16.5. The maximum atomic E-state index is 12.4. The van der Waals surface area contributed by atoms with E-state index in [-0.39, 0.29) is 11.9 Å². The Kier molecular flexibility index (Phi) is 7.63. The molecule has 2 aromatic rings. The van der Waals surface area contributed by atoms with Gasteiger partial charge in [0.05, 0.1) is 19.3 Å². The van der Waals surface area contributed by atoms with Crippen LogP contribution in [0.1, 0.15) is 41.1 Å². The molecule has 4 heteroatoms. The molecule has 0 saturated carbocycles. The molecule has 150 valence electrons. The van der Waals surface area contributed by atoms with E-state index in [9.17, 15) is 4.79 Å². The highest BCUT2D eigenvalue weighted by molar-refractivity contribution is 5.75. The fourth-order valence-electron chi connectivity index (χ4n) is 3.73. The van der Waals surface area contributed by atoms with Crippen molar-refractivity contribution in [3.63, 3.8) is 0 Å². The number of hydrogen-bond acceptors (Lipinski definition) is 3. The van der Waals surface area contributed by atoms with Crippen molar-refractivity contribution in [1.29, 1.82) is 0 Å². The van der Waals surface area contributed by atoms with Crippen LogP contribution in [0.15, 0.2) is 48.5 Å². The number of benzene rings is 2. The maximum Gasteiger partial charge on any atom is 0.220 e. The third-order valence-electron chi connectivity index (χ3n) is 5.40. The summed E-state index contributed by atoms with van der Waals surface area (Å²) in [5.74, 6) is 0.137. The van der Waals surface area contributed by atoms with Crippen LogP contribution in [0.3, 0.4) is 0 Å². The molecule has 1 unspecified atom stereocenters. The first-order valence-corrected chi connectivity index (χ1v) is 10.3. The van der Waals surface area contributed by atoms with Gasteiger partial charge in [0.15, 0.2) is 0 Å². The molecule has 1 aliphatic rings. The third-order valence-corrected chi connectivity index (χ3v) is 5.40. The van der Waals surface area contributed by atoms with Gasteiger partial charge in [-0.3, -0.25) is 9.69 Å². The summed E-state index contributed by atoms with van der Waals surface area (Å²) in [6.07, 6.45) is 2.39. The van der Waals surface area contributed by atoms with E-state index in [1.165, 1.54) is 22.3 Å². The second kappa shape index (κ2) is 10.4. The first kappa shape index (κ1) is 20.6. The average molecular weight is 381 g/mol. The number of carbonyl (C=O) groups is 1. The quantitative estimate of drug-likeness (QED) is 0.757. The second-order valence-corrected chi connectivity index (χ2v) is 7.72. The van der Waals surface area contributed by atoms with E-state index in [0.29, 0.717) is 13.0 Å². The minimum absolute atomic E-state index is 0.137. The Hall–Kier alpha value is -2.17. The van der Waals surface area contributed by atoms with Gasteiger partial charge in [0.25, 0.3) is 0 Å². The number of nitrogens with one attached hydrogen (secondary N) is 1. The van der Waals surface area contributed by atoms with Gasteiger partial charge in [0.1, 0.15) is 0 Å². The lowest BCUT2D eigenvalue weighted by Crippen LogP contribution is -2.43. The van der Waals surface area contributed by atoms with E-state index in [1.807, 2.05) is 0 Å². The Morgan fingerprint density at radius 1 is 1.07 bits per heavy atom. The van der Waals surface area contributed by atoms with Crippen LogP contribution in [0.5, 0.6) is 0 Å². The van der Waals surface area contributed by atoms with Gasteiger partial charge in [-0.05, 0) is 37.8 Å². The lowest BCUT2D eigenvalue weighted by atomic mass is 10.0. The molecule has 1 amide bonds. The molecule has 1 aliphatic heterocycles. The molecule has 4 nitrogen and oxygen atoms in total. The Labute approximate surface area is 168 Å². The highest BCUT2D eigenvalue weighted by Gasteiger charge is 2.23. The molecule has 0 aromatic heterocycles. The molecule has 1 atom stereocenters. The largest absolute Gasteiger partial charge is 0.379 e. The summed E-state index contributed by atoms with van der Waals surface area (Å²) in [6.45, 7) is 8.18. The van der Waals surface area contributed by atoms with Crippen molar-refractivity contribution in [3.8, 4) is 0 Å². The summed E-state index contributed by atoms with van der Waals surface area (Å²) in [5, 5.41) is 3.17. The van der Waals surface area contributed by atoms with Crippen molar-refractivity contribution in [3.05, 3.63) is 70.8 Å². The molecule has 1 saturated heterocycles. The summed E-state index contributed by atoms with van der Waals surface area (Å²) in [7, 11) is 0. The molecule has 2 aromatic carbocycles. The highest BCUT2D eigenvalue weighted by Crippen LogP contribution is 2.22.